The molecule has 4 nitrogen and oxygen atoms in total. The smallest absolute Gasteiger partial charge is 0.261 e. The topological polar surface area (TPSA) is 55.4 Å². The Morgan fingerprint density at radius 2 is 1.65 bits per heavy atom. The summed E-state index contributed by atoms with van der Waals surface area (Å²) in [6.07, 6.45) is 0. The van der Waals surface area contributed by atoms with Gasteiger partial charge in [-0.15, -0.1) is 11.6 Å². The number of hydrogen-bond acceptors (Lipinski definition) is 3. The Morgan fingerprint density at radius 1 is 1.05 bits per heavy atom. The molecule has 0 aromatic heterocycles. The minimum Gasteiger partial charge on any atom is -0.497 e. The van der Waals surface area contributed by atoms with Gasteiger partial charge in [0.05, 0.1) is 12.0 Å². The number of nitrogens with one attached hydrogen (secondary N) is 1. The molecule has 0 spiro atoms. The van der Waals surface area contributed by atoms with Gasteiger partial charge in [0.25, 0.3) is 10.0 Å². The SMILES string of the molecule is COc1ccc(S(=O)(=O)Nc2ccc(CCl)cc2)cc1. The van der Waals surface area contributed by atoms with Gasteiger partial charge in [-0.05, 0) is 42.0 Å². The van der Waals surface area contributed by atoms with Gasteiger partial charge in [-0.2, -0.15) is 0 Å². The van der Waals surface area contributed by atoms with E-state index in [-0.39, 0.29) is 4.90 Å². The van der Waals surface area contributed by atoms with Crippen molar-refractivity contribution in [3.05, 3.63) is 54.1 Å². The Hall–Kier alpha value is -1.72. The van der Waals surface area contributed by atoms with Gasteiger partial charge in [0.2, 0.25) is 0 Å². The Kier molecular flexibility index (Phi) is 4.52. The second-order valence-corrected chi connectivity index (χ2v) is 6.06. The van der Waals surface area contributed by atoms with Crippen molar-refractivity contribution < 1.29 is 13.2 Å². The van der Waals surface area contributed by atoms with Gasteiger partial charge in [0, 0.05) is 11.6 Å². The second kappa shape index (κ2) is 6.15. The second-order valence-electron chi connectivity index (χ2n) is 4.11. The van der Waals surface area contributed by atoms with Crippen molar-refractivity contribution in [1.82, 2.24) is 0 Å². The molecule has 20 heavy (non-hydrogen) atoms. The molecule has 0 saturated carbocycles. The molecule has 0 amide bonds. The van der Waals surface area contributed by atoms with Crippen molar-refractivity contribution in [1.29, 1.82) is 0 Å². The third-order valence-electron chi connectivity index (χ3n) is 2.73. The van der Waals surface area contributed by atoms with Gasteiger partial charge in [0.15, 0.2) is 0 Å². The predicted octanol–water partition coefficient (Wildman–Crippen LogP) is 3.23. The predicted molar refractivity (Wildman–Crippen MR) is 79.8 cm³/mol. The number of anilines is 1. The first-order valence-corrected chi connectivity index (χ1v) is 7.89. The van der Waals surface area contributed by atoms with Crippen molar-refractivity contribution in [3.8, 4) is 5.75 Å². The van der Waals surface area contributed by atoms with E-state index in [1.165, 1.54) is 19.2 Å². The van der Waals surface area contributed by atoms with Gasteiger partial charge in [-0.1, -0.05) is 12.1 Å². The summed E-state index contributed by atoms with van der Waals surface area (Å²) in [7, 11) is -2.07. The molecule has 0 heterocycles. The zero-order valence-corrected chi connectivity index (χ0v) is 12.4. The van der Waals surface area contributed by atoms with Crippen LogP contribution in [0.15, 0.2) is 53.4 Å². The lowest BCUT2D eigenvalue weighted by Gasteiger charge is -2.09. The van der Waals surface area contributed by atoms with Crippen LogP contribution in [0, 0.1) is 0 Å². The van der Waals surface area contributed by atoms with Gasteiger partial charge in [-0.3, -0.25) is 4.72 Å². The van der Waals surface area contributed by atoms with Gasteiger partial charge < -0.3 is 4.74 Å². The number of alkyl halides is 1. The number of hydrogen-bond donors (Lipinski definition) is 1. The molecule has 0 fully saturated rings. The van der Waals surface area contributed by atoms with Crippen LogP contribution in [0.2, 0.25) is 0 Å². The number of ether oxygens (including phenoxy) is 1. The largest absolute Gasteiger partial charge is 0.497 e. The number of sulfonamides is 1. The molecule has 6 heteroatoms. The summed E-state index contributed by atoms with van der Waals surface area (Å²) in [5.41, 5.74) is 1.42. The summed E-state index contributed by atoms with van der Waals surface area (Å²) in [5, 5.41) is 0. The molecule has 0 atom stereocenters. The first-order valence-electron chi connectivity index (χ1n) is 5.87. The van der Waals surface area contributed by atoms with Crippen LogP contribution in [-0.2, 0) is 15.9 Å². The first-order chi connectivity index (χ1) is 9.55. The monoisotopic (exact) mass is 311 g/mol. The molecule has 2 aromatic rings. The highest BCUT2D eigenvalue weighted by atomic mass is 35.5. The first kappa shape index (κ1) is 14.7. The molecule has 0 aliphatic rings. The van der Waals surface area contributed by atoms with Gasteiger partial charge >= 0.3 is 0 Å². The fourth-order valence-corrected chi connectivity index (χ4v) is 2.87. The Morgan fingerprint density at radius 3 is 2.15 bits per heavy atom. The summed E-state index contributed by atoms with van der Waals surface area (Å²) in [6.45, 7) is 0. The van der Waals surface area contributed by atoms with E-state index in [0.717, 1.165) is 5.56 Å². The van der Waals surface area contributed by atoms with E-state index < -0.39 is 10.0 Å². The summed E-state index contributed by atoms with van der Waals surface area (Å²) in [6, 6.07) is 13.1. The maximum Gasteiger partial charge on any atom is 0.261 e. The van der Waals surface area contributed by atoms with Gasteiger partial charge in [-0.25, -0.2) is 8.42 Å². The van der Waals surface area contributed by atoms with Crippen molar-refractivity contribution in [2.45, 2.75) is 10.8 Å². The van der Waals surface area contributed by atoms with Crippen LogP contribution in [-0.4, -0.2) is 15.5 Å². The lowest BCUT2D eigenvalue weighted by atomic mass is 10.2. The average Bonchev–Trinajstić information content (AvgIpc) is 2.48. The molecule has 0 aliphatic heterocycles. The number of rotatable bonds is 5. The zero-order valence-electron chi connectivity index (χ0n) is 10.8. The van der Waals surface area contributed by atoms with Crippen LogP contribution in [0.1, 0.15) is 5.56 Å². The maximum atomic E-state index is 12.2. The minimum absolute atomic E-state index is 0.180. The van der Waals surface area contributed by atoms with Crippen LogP contribution >= 0.6 is 11.6 Å². The highest BCUT2D eigenvalue weighted by Crippen LogP contribution is 2.19. The van der Waals surface area contributed by atoms with Crippen LogP contribution in [0.4, 0.5) is 5.69 Å². The van der Waals surface area contributed by atoms with Crippen molar-refractivity contribution in [2.75, 3.05) is 11.8 Å². The van der Waals surface area contributed by atoms with Crippen molar-refractivity contribution >= 4 is 27.3 Å². The third kappa shape index (κ3) is 3.43. The van der Waals surface area contributed by atoms with E-state index in [1.54, 1.807) is 36.4 Å². The van der Waals surface area contributed by atoms with Crippen molar-refractivity contribution in [2.24, 2.45) is 0 Å². The molecule has 0 aliphatic carbocycles. The highest BCUT2D eigenvalue weighted by Gasteiger charge is 2.13. The van der Waals surface area contributed by atoms with E-state index in [4.69, 9.17) is 16.3 Å². The van der Waals surface area contributed by atoms with Crippen LogP contribution < -0.4 is 9.46 Å². The molecule has 0 radical (unpaired) electrons. The van der Waals surface area contributed by atoms with Gasteiger partial charge in [0.1, 0.15) is 5.75 Å². The lowest BCUT2D eigenvalue weighted by molar-refractivity contribution is 0.414. The third-order valence-corrected chi connectivity index (χ3v) is 4.44. The highest BCUT2D eigenvalue weighted by molar-refractivity contribution is 7.92. The Bertz CT molecular complexity index is 667. The van der Waals surface area contributed by atoms with E-state index in [2.05, 4.69) is 4.72 Å². The molecular weight excluding hydrogens is 298 g/mol. The molecule has 0 unspecified atom stereocenters. The summed E-state index contributed by atoms with van der Waals surface area (Å²) >= 11 is 5.69. The Labute approximate surface area is 123 Å². The zero-order chi connectivity index (χ0) is 14.6. The fraction of sp³-hybridized carbons (Fsp3) is 0.143. The molecule has 106 valence electrons. The van der Waals surface area contributed by atoms with E-state index >= 15 is 0 Å². The fourth-order valence-electron chi connectivity index (χ4n) is 1.63. The summed E-state index contributed by atoms with van der Waals surface area (Å²) < 4.78 is 31.9. The van der Waals surface area contributed by atoms with E-state index in [1.807, 2.05) is 0 Å². The van der Waals surface area contributed by atoms with Crippen molar-refractivity contribution in [3.63, 3.8) is 0 Å². The standard InChI is InChI=1S/C14H14ClNO3S/c1-19-13-6-8-14(9-7-13)20(17,18)16-12-4-2-11(10-15)3-5-12/h2-9,16H,10H2,1H3. The summed E-state index contributed by atoms with van der Waals surface area (Å²) in [4.78, 5) is 0.180. The van der Waals surface area contributed by atoms with Crippen LogP contribution in [0.25, 0.3) is 0 Å². The van der Waals surface area contributed by atoms with Crippen LogP contribution in [0.5, 0.6) is 5.75 Å². The van der Waals surface area contributed by atoms with E-state index in [9.17, 15) is 8.42 Å². The van der Waals surface area contributed by atoms with Crippen LogP contribution in [0.3, 0.4) is 0 Å². The number of benzene rings is 2. The number of halogens is 1. The Balaban J connectivity index is 2.20. The molecule has 0 bridgehead atoms. The molecule has 0 saturated heterocycles. The lowest BCUT2D eigenvalue weighted by Crippen LogP contribution is -2.12. The normalized spacial score (nSPS) is 11.1. The minimum atomic E-state index is -3.60. The molecule has 1 N–H and O–H groups in total. The van der Waals surface area contributed by atoms with E-state index in [0.29, 0.717) is 17.3 Å². The summed E-state index contributed by atoms with van der Waals surface area (Å²) in [5.74, 6) is 1.00. The maximum absolute atomic E-state index is 12.2. The molecule has 2 aromatic carbocycles. The average molecular weight is 312 g/mol. The molecular formula is C14H14ClNO3S. The number of methoxy groups -OCH3 is 1. The molecule has 2 rings (SSSR count). The quantitative estimate of drug-likeness (QED) is 0.862.